The molecule has 23 heavy (non-hydrogen) atoms. The van der Waals surface area contributed by atoms with Crippen molar-refractivity contribution in [3.8, 4) is 16.3 Å². The first-order valence-corrected chi connectivity index (χ1v) is 7.77. The molecule has 4 aromatic rings. The molecule has 0 aliphatic heterocycles. The molecule has 0 fully saturated rings. The van der Waals surface area contributed by atoms with Crippen molar-refractivity contribution in [3.63, 3.8) is 0 Å². The van der Waals surface area contributed by atoms with Gasteiger partial charge in [0.2, 0.25) is 4.96 Å². The van der Waals surface area contributed by atoms with E-state index in [9.17, 15) is 4.39 Å². The van der Waals surface area contributed by atoms with Crippen LogP contribution < -0.4 is 4.74 Å². The third-order valence-corrected chi connectivity index (χ3v) is 4.20. The van der Waals surface area contributed by atoms with Gasteiger partial charge < -0.3 is 4.74 Å². The first kappa shape index (κ1) is 13.8. The lowest BCUT2D eigenvalue weighted by atomic mass is 10.2. The Hall–Kier alpha value is -2.80. The highest BCUT2D eigenvalue weighted by Crippen LogP contribution is 2.27. The molecule has 0 spiro atoms. The monoisotopic (exact) mass is 326 g/mol. The topological polar surface area (TPSA) is 52.3 Å². The van der Waals surface area contributed by atoms with E-state index >= 15 is 0 Å². The second-order valence-electron chi connectivity index (χ2n) is 4.80. The van der Waals surface area contributed by atoms with Crippen LogP contribution in [0.3, 0.4) is 0 Å². The number of para-hydroxylation sites is 1. The summed E-state index contributed by atoms with van der Waals surface area (Å²) in [5, 5.41) is 13.1. The van der Waals surface area contributed by atoms with Crippen LogP contribution in [-0.4, -0.2) is 19.8 Å². The van der Waals surface area contributed by atoms with Crippen LogP contribution in [0.1, 0.15) is 5.82 Å². The van der Waals surface area contributed by atoms with Gasteiger partial charge in [0.05, 0.1) is 0 Å². The van der Waals surface area contributed by atoms with Gasteiger partial charge in [-0.3, -0.25) is 0 Å². The van der Waals surface area contributed by atoms with E-state index in [-0.39, 0.29) is 12.4 Å². The van der Waals surface area contributed by atoms with Crippen LogP contribution in [0.2, 0.25) is 0 Å². The normalized spacial score (nSPS) is 11.0. The molecule has 0 saturated heterocycles. The Bertz CT molecular complexity index is 951. The van der Waals surface area contributed by atoms with Crippen molar-refractivity contribution in [1.29, 1.82) is 0 Å². The van der Waals surface area contributed by atoms with Crippen LogP contribution >= 0.6 is 11.3 Å². The SMILES string of the molecule is Fc1ccccc1-c1nn2c(COc3ccccc3)nnc2s1. The molecule has 0 saturated carbocycles. The molecule has 0 aliphatic rings. The summed E-state index contributed by atoms with van der Waals surface area (Å²) in [6, 6.07) is 16.0. The van der Waals surface area contributed by atoms with E-state index in [0.717, 1.165) is 5.75 Å². The van der Waals surface area contributed by atoms with Gasteiger partial charge in [-0.2, -0.15) is 9.61 Å². The first-order chi connectivity index (χ1) is 11.3. The van der Waals surface area contributed by atoms with Crippen molar-refractivity contribution in [2.45, 2.75) is 6.61 Å². The van der Waals surface area contributed by atoms with E-state index < -0.39 is 0 Å². The van der Waals surface area contributed by atoms with Gasteiger partial charge in [0, 0.05) is 5.56 Å². The standard InChI is InChI=1S/C16H11FN4OS/c17-13-9-5-4-8-12(13)15-20-21-14(18-19-16(21)23-15)10-22-11-6-2-1-3-7-11/h1-9H,10H2. The third-order valence-electron chi connectivity index (χ3n) is 3.27. The maximum absolute atomic E-state index is 13.9. The van der Waals surface area contributed by atoms with Gasteiger partial charge in [0.1, 0.15) is 18.2 Å². The van der Waals surface area contributed by atoms with Crippen LogP contribution in [0.15, 0.2) is 54.6 Å². The average Bonchev–Trinajstić information content (AvgIpc) is 3.15. The Morgan fingerprint density at radius 3 is 2.61 bits per heavy atom. The molecule has 0 aliphatic carbocycles. The summed E-state index contributed by atoms with van der Waals surface area (Å²) < 4.78 is 21.1. The van der Waals surface area contributed by atoms with Crippen molar-refractivity contribution in [1.82, 2.24) is 19.8 Å². The number of hydrogen-bond acceptors (Lipinski definition) is 5. The van der Waals surface area contributed by atoms with E-state index in [1.54, 1.807) is 22.7 Å². The fourth-order valence-electron chi connectivity index (χ4n) is 2.16. The number of nitrogens with zero attached hydrogens (tertiary/aromatic N) is 4. The predicted octanol–water partition coefficient (Wildman–Crippen LogP) is 3.57. The van der Waals surface area contributed by atoms with Crippen molar-refractivity contribution in [2.75, 3.05) is 0 Å². The molecule has 114 valence electrons. The highest BCUT2D eigenvalue weighted by atomic mass is 32.1. The molecule has 7 heteroatoms. The number of hydrogen-bond donors (Lipinski definition) is 0. The van der Waals surface area contributed by atoms with Gasteiger partial charge >= 0.3 is 0 Å². The van der Waals surface area contributed by atoms with Crippen molar-refractivity contribution >= 4 is 16.3 Å². The minimum atomic E-state index is -0.306. The summed E-state index contributed by atoms with van der Waals surface area (Å²) in [5.41, 5.74) is 0.456. The second kappa shape index (κ2) is 5.77. The quantitative estimate of drug-likeness (QED) is 0.575. The summed E-state index contributed by atoms with van der Waals surface area (Å²) >= 11 is 1.29. The van der Waals surface area contributed by atoms with E-state index in [4.69, 9.17) is 4.74 Å². The highest BCUT2D eigenvalue weighted by molar-refractivity contribution is 7.19. The summed E-state index contributed by atoms with van der Waals surface area (Å²) in [5.74, 6) is 1.01. The van der Waals surface area contributed by atoms with Crippen molar-refractivity contribution in [2.24, 2.45) is 0 Å². The fraction of sp³-hybridized carbons (Fsp3) is 0.0625. The molecule has 0 atom stereocenters. The summed E-state index contributed by atoms with van der Waals surface area (Å²) in [4.78, 5) is 0.606. The zero-order valence-corrected chi connectivity index (χ0v) is 12.7. The molecule has 2 aromatic heterocycles. The van der Waals surface area contributed by atoms with Gasteiger partial charge in [0.25, 0.3) is 0 Å². The minimum Gasteiger partial charge on any atom is -0.486 e. The van der Waals surface area contributed by atoms with Gasteiger partial charge in [-0.1, -0.05) is 41.7 Å². The van der Waals surface area contributed by atoms with Crippen LogP contribution in [0.4, 0.5) is 4.39 Å². The molecule has 2 heterocycles. The Morgan fingerprint density at radius 2 is 1.78 bits per heavy atom. The fourth-order valence-corrected chi connectivity index (χ4v) is 3.04. The zero-order valence-electron chi connectivity index (χ0n) is 11.9. The second-order valence-corrected chi connectivity index (χ2v) is 5.76. The molecule has 0 unspecified atom stereocenters. The first-order valence-electron chi connectivity index (χ1n) is 6.95. The Morgan fingerprint density at radius 1 is 1.00 bits per heavy atom. The van der Waals surface area contributed by atoms with E-state index in [1.807, 2.05) is 30.3 Å². The zero-order chi connectivity index (χ0) is 15.6. The minimum absolute atomic E-state index is 0.242. The lowest BCUT2D eigenvalue weighted by Crippen LogP contribution is -2.02. The summed E-state index contributed by atoms with van der Waals surface area (Å²) in [7, 11) is 0. The number of aromatic nitrogens is 4. The molecular weight excluding hydrogens is 315 g/mol. The van der Waals surface area contributed by atoms with Crippen LogP contribution in [0, 0.1) is 5.82 Å². The molecule has 4 rings (SSSR count). The van der Waals surface area contributed by atoms with Gasteiger partial charge in [0.15, 0.2) is 10.8 Å². The van der Waals surface area contributed by atoms with E-state index in [0.29, 0.717) is 21.4 Å². The molecule has 2 aromatic carbocycles. The van der Waals surface area contributed by atoms with E-state index in [2.05, 4.69) is 15.3 Å². The Kier molecular flexibility index (Phi) is 3.47. The molecule has 5 nitrogen and oxygen atoms in total. The predicted molar refractivity (Wildman–Crippen MR) is 84.8 cm³/mol. The molecule has 0 amide bonds. The average molecular weight is 326 g/mol. The highest BCUT2D eigenvalue weighted by Gasteiger charge is 2.15. The van der Waals surface area contributed by atoms with Crippen molar-refractivity contribution in [3.05, 3.63) is 66.2 Å². The largest absolute Gasteiger partial charge is 0.486 e. The number of ether oxygens (including phenoxy) is 1. The number of fused-ring (bicyclic) bond motifs is 1. The molecule has 0 N–H and O–H groups in total. The van der Waals surface area contributed by atoms with Crippen molar-refractivity contribution < 1.29 is 9.13 Å². The molecule has 0 bridgehead atoms. The summed E-state index contributed by atoms with van der Waals surface area (Å²) in [6.45, 7) is 0.242. The third kappa shape index (κ3) is 2.66. The van der Waals surface area contributed by atoms with Crippen LogP contribution in [0.25, 0.3) is 15.5 Å². The number of rotatable bonds is 4. The number of benzene rings is 2. The lowest BCUT2D eigenvalue weighted by Gasteiger charge is -2.03. The maximum atomic E-state index is 13.9. The summed E-state index contributed by atoms with van der Waals surface area (Å²) in [6.07, 6.45) is 0. The maximum Gasteiger partial charge on any atom is 0.235 e. The Labute approximate surface area is 135 Å². The Balaban J connectivity index is 1.63. The van der Waals surface area contributed by atoms with Gasteiger partial charge in [-0.25, -0.2) is 4.39 Å². The van der Waals surface area contributed by atoms with Crippen LogP contribution in [0.5, 0.6) is 5.75 Å². The molecular formula is C16H11FN4OS. The van der Waals surface area contributed by atoms with Crippen LogP contribution in [-0.2, 0) is 6.61 Å². The smallest absolute Gasteiger partial charge is 0.235 e. The van der Waals surface area contributed by atoms with E-state index in [1.165, 1.54) is 17.4 Å². The lowest BCUT2D eigenvalue weighted by molar-refractivity contribution is 0.293. The molecule has 0 radical (unpaired) electrons. The van der Waals surface area contributed by atoms with Gasteiger partial charge in [-0.15, -0.1) is 10.2 Å². The van der Waals surface area contributed by atoms with Gasteiger partial charge in [-0.05, 0) is 24.3 Å². The number of halogens is 1.